The van der Waals surface area contributed by atoms with Gasteiger partial charge in [0.2, 0.25) is 0 Å². The summed E-state index contributed by atoms with van der Waals surface area (Å²) in [6, 6.07) is 17.0. The lowest BCUT2D eigenvalue weighted by Crippen LogP contribution is -2.26. The van der Waals surface area contributed by atoms with Crippen LogP contribution in [0, 0.1) is 18.3 Å². The van der Waals surface area contributed by atoms with Crippen LogP contribution in [0.4, 0.5) is 0 Å². The summed E-state index contributed by atoms with van der Waals surface area (Å²) in [4.78, 5) is 30.3. The first kappa shape index (κ1) is 19.2. The average Bonchev–Trinajstić information content (AvgIpc) is 3.16. The molecule has 2 heterocycles. The Hall–Kier alpha value is -4.11. The minimum Gasteiger partial charge on any atom is -0.360 e. The topological polar surface area (TPSA) is 102 Å². The van der Waals surface area contributed by atoms with Gasteiger partial charge in [0.1, 0.15) is 6.07 Å². The summed E-state index contributed by atoms with van der Waals surface area (Å²) in [5, 5.41) is 13.0. The van der Waals surface area contributed by atoms with Gasteiger partial charge in [0, 0.05) is 41.0 Å². The van der Waals surface area contributed by atoms with Gasteiger partial charge < -0.3 is 15.3 Å². The largest absolute Gasteiger partial charge is 0.360 e. The lowest BCUT2D eigenvalue weighted by atomic mass is 10.0. The molecule has 148 valence electrons. The third-order valence-electron chi connectivity index (χ3n) is 5.17. The van der Waals surface area contributed by atoms with Crippen LogP contribution in [-0.2, 0) is 6.42 Å². The minimum absolute atomic E-state index is 0.151. The molecule has 1 amide bonds. The van der Waals surface area contributed by atoms with E-state index in [9.17, 15) is 14.9 Å². The number of hydrogen-bond acceptors (Lipinski definition) is 3. The molecule has 0 radical (unpaired) electrons. The molecular weight excluding hydrogens is 376 g/mol. The van der Waals surface area contributed by atoms with Gasteiger partial charge in [0.25, 0.3) is 11.5 Å². The molecule has 0 aliphatic rings. The van der Waals surface area contributed by atoms with Crippen LogP contribution in [0.15, 0.2) is 65.7 Å². The summed E-state index contributed by atoms with van der Waals surface area (Å²) in [6.07, 6.45) is 3.95. The van der Waals surface area contributed by atoms with E-state index >= 15 is 0 Å². The molecule has 0 aliphatic heterocycles. The van der Waals surface area contributed by atoms with Gasteiger partial charge in [-0.2, -0.15) is 5.26 Å². The number of hydrogen-bond donors (Lipinski definition) is 3. The Morgan fingerprint density at radius 2 is 2.00 bits per heavy atom. The molecule has 0 spiro atoms. The second-order valence-electron chi connectivity index (χ2n) is 7.14. The number of aromatic nitrogens is 2. The predicted molar refractivity (Wildman–Crippen MR) is 116 cm³/mol. The normalized spacial score (nSPS) is 10.7. The molecule has 4 rings (SSSR count). The van der Waals surface area contributed by atoms with E-state index in [0.29, 0.717) is 29.7 Å². The van der Waals surface area contributed by atoms with Crippen molar-refractivity contribution in [3.8, 4) is 17.2 Å². The van der Waals surface area contributed by atoms with Gasteiger partial charge in [-0.25, -0.2) is 0 Å². The fraction of sp³-hybridized carbons (Fsp3) is 0.125. The zero-order valence-electron chi connectivity index (χ0n) is 16.5. The number of aromatic amines is 2. The molecule has 30 heavy (non-hydrogen) atoms. The van der Waals surface area contributed by atoms with E-state index in [-0.39, 0.29) is 11.5 Å². The number of fused-ring (bicyclic) bond motifs is 1. The zero-order chi connectivity index (χ0) is 21.1. The molecule has 2 aromatic carbocycles. The number of nitrogens with one attached hydrogen (secondary N) is 3. The molecule has 4 aromatic rings. The molecule has 0 bridgehead atoms. The fourth-order valence-electron chi connectivity index (χ4n) is 3.57. The Balaban J connectivity index is 1.44. The first-order valence-electron chi connectivity index (χ1n) is 9.64. The van der Waals surface area contributed by atoms with Gasteiger partial charge >= 0.3 is 0 Å². The number of nitrogens with zero attached hydrogens (tertiary/aromatic N) is 1. The number of aryl methyl sites for hydroxylation is 1. The maximum absolute atomic E-state index is 12.6. The number of carbonyl (C=O) groups excluding carboxylic acids is 1. The molecule has 6 nitrogen and oxygen atoms in total. The summed E-state index contributed by atoms with van der Waals surface area (Å²) in [5.41, 5.74) is 5.17. The van der Waals surface area contributed by atoms with Crippen molar-refractivity contribution in [2.75, 3.05) is 6.54 Å². The minimum atomic E-state index is -0.159. The lowest BCUT2D eigenvalue weighted by Gasteiger charge is -2.10. The molecule has 0 aliphatic carbocycles. The first-order valence-corrected chi connectivity index (χ1v) is 9.64. The Labute approximate surface area is 173 Å². The van der Waals surface area contributed by atoms with Crippen molar-refractivity contribution in [1.29, 1.82) is 5.26 Å². The Morgan fingerprint density at radius 1 is 1.13 bits per heavy atom. The van der Waals surface area contributed by atoms with Crippen molar-refractivity contribution in [1.82, 2.24) is 15.3 Å². The van der Waals surface area contributed by atoms with Gasteiger partial charge in [0.05, 0.1) is 5.56 Å². The lowest BCUT2D eigenvalue weighted by molar-refractivity contribution is 0.0953. The molecule has 0 unspecified atom stereocenters. The summed E-state index contributed by atoms with van der Waals surface area (Å²) in [5.74, 6) is -0.151. The Morgan fingerprint density at radius 3 is 2.77 bits per heavy atom. The summed E-state index contributed by atoms with van der Waals surface area (Å²) in [6.45, 7) is 2.34. The van der Waals surface area contributed by atoms with Crippen LogP contribution >= 0.6 is 0 Å². The highest BCUT2D eigenvalue weighted by Crippen LogP contribution is 2.20. The summed E-state index contributed by atoms with van der Waals surface area (Å²) in [7, 11) is 0. The molecule has 6 heteroatoms. The van der Waals surface area contributed by atoms with Gasteiger partial charge in [-0.1, -0.05) is 18.2 Å². The van der Waals surface area contributed by atoms with Crippen LogP contribution in [0.2, 0.25) is 0 Å². The number of nitriles is 1. The first-order chi connectivity index (χ1) is 14.6. The van der Waals surface area contributed by atoms with E-state index < -0.39 is 0 Å². The van der Waals surface area contributed by atoms with Crippen molar-refractivity contribution in [3.05, 3.63) is 93.5 Å². The van der Waals surface area contributed by atoms with Crippen molar-refractivity contribution in [2.45, 2.75) is 13.3 Å². The van der Waals surface area contributed by atoms with Crippen LogP contribution in [0.5, 0.6) is 0 Å². The third kappa shape index (κ3) is 3.74. The summed E-state index contributed by atoms with van der Waals surface area (Å²) >= 11 is 0. The highest BCUT2D eigenvalue weighted by Gasteiger charge is 2.11. The van der Waals surface area contributed by atoms with Crippen LogP contribution in [0.3, 0.4) is 0 Å². The van der Waals surface area contributed by atoms with Crippen molar-refractivity contribution >= 4 is 16.8 Å². The number of pyridine rings is 1. The molecule has 0 fully saturated rings. The standard InChI is InChI=1S/C24H20N4O2/c1-15-11-17(20-3-2-9-26-24(20)30)5-6-19(15)23(29)27-10-8-16-4-7-22-21(12-16)18(13-25)14-28-22/h2-7,9,11-12,14,28H,8,10H2,1H3,(H,26,30)(H,27,29). The quantitative estimate of drug-likeness (QED) is 0.480. The van der Waals surface area contributed by atoms with Crippen LogP contribution in [0.1, 0.15) is 27.0 Å². The van der Waals surface area contributed by atoms with Crippen molar-refractivity contribution in [3.63, 3.8) is 0 Å². The second kappa shape index (κ2) is 8.10. The fourth-order valence-corrected chi connectivity index (χ4v) is 3.57. The van der Waals surface area contributed by atoms with E-state index in [1.165, 1.54) is 0 Å². The highest BCUT2D eigenvalue weighted by atomic mass is 16.1. The van der Waals surface area contributed by atoms with E-state index in [1.807, 2.05) is 31.2 Å². The van der Waals surface area contributed by atoms with Gasteiger partial charge in [0.15, 0.2) is 0 Å². The van der Waals surface area contributed by atoms with Crippen molar-refractivity contribution < 1.29 is 4.79 Å². The SMILES string of the molecule is Cc1cc(-c2ccc[nH]c2=O)ccc1C(=O)NCCc1ccc2[nH]cc(C#N)c2c1. The summed E-state index contributed by atoms with van der Waals surface area (Å²) < 4.78 is 0. The van der Waals surface area contributed by atoms with Crippen molar-refractivity contribution in [2.24, 2.45) is 0 Å². The van der Waals surface area contributed by atoms with Crippen LogP contribution in [-0.4, -0.2) is 22.4 Å². The van der Waals surface area contributed by atoms with Crippen LogP contribution in [0.25, 0.3) is 22.0 Å². The number of rotatable bonds is 5. The Bertz CT molecular complexity index is 1340. The average molecular weight is 396 g/mol. The molecule has 0 saturated heterocycles. The number of amides is 1. The van der Waals surface area contributed by atoms with Crippen LogP contribution < -0.4 is 10.9 Å². The van der Waals surface area contributed by atoms with Gasteiger partial charge in [-0.3, -0.25) is 9.59 Å². The third-order valence-corrected chi connectivity index (χ3v) is 5.17. The predicted octanol–water partition coefficient (Wildman–Crippen LogP) is 3.68. The monoisotopic (exact) mass is 396 g/mol. The molecule has 0 saturated carbocycles. The smallest absolute Gasteiger partial charge is 0.255 e. The van der Waals surface area contributed by atoms with E-state index in [2.05, 4.69) is 21.4 Å². The van der Waals surface area contributed by atoms with E-state index in [1.54, 1.807) is 36.7 Å². The van der Waals surface area contributed by atoms with Gasteiger partial charge in [-0.15, -0.1) is 0 Å². The number of carbonyl (C=O) groups is 1. The van der Waals surface area contributed by atoms with Gasteiger partial charge in [-0.05, 0) is 60.4 Å². The maximum atomic E-state index is 12.6. The molecule has 2 aromatic heterocycles. The van der Waals surface area contributed by atoms with E-state index in [4.69, 9.17) is 0 Å². The maximum Gasteiger partial charge on any atom is 0.255 e. The molecule has 0 atom stereocenters. The zero-order valence-corrected chi connectivity index (χ0v) is 16.5. The number of benzene rings is 2. The second-order valence-corrected chi connectivity index (χ2v) is 7.14. The molecule has 3 N–H and O–H groups in total. The Kier molecular flexibility index (Phi) is 5.19. The van der Waals surface area contributed by atoms with E-state index in [0.717, 1.165) is 27.6 Å². The number of H-pyrrole nitrogens is 2. The highest BCUT2D eigenvalue weighted by molar-refractivity contribution is 5.96. The molecular formula is C24H20N4O2.